The summed E-state index contributed by atoms with van der Waals surface area (Å²) in [6.07, 6.45) is -0.0141. The van der Waals surface area contributed by atoms with Gasteiger partial charge in [-0.3, -0.25) is 4.79 Å². The van der Waals surface area contributed by atoms with E-state index in [0.29, 0.717) is 0 Å². The third kappa shape index (κ3) is 1.37. The van der Waals surface area contributed by atoms with Crippen molar-refractivity contribution in [2.45, 2.75) is 35.9 Å². The van der Waals surface area contributed by atoms with Gasteiger partial charge < -0.3 is 5.11 Å². The molecular formula is C11H8ClF5O2. The maximum Gasteiger partial charge on any atom is 0.289 e. The third-order valence-electron chi connectivity index (χ3n) is 3.24. The maximum absolute atomic E-state index is 14.5. The molecule has 0 saturated heterocycles. The van der Waals surface area contributed by atoms with Crippen molar-refractivity contribution in [2.75, 3.05) is 0 Å². The van der Waals surface area contributed by atoms with Crippen molar-refractivity contribution >= 4 is 17.4 Å². The van der Waals surface area contributed by atoms with Crippen LogP contribution >= 0.6 is 11.6 Å². The summed E-state index contributed by atoms with van der Waals surface area (Å²) in [4.78, 5) is 11.5. The average Bonchev–Trinajstić information content (AvgIpc) is 2.26. The number of alkyl halides is 4. The molecule has 2 bridgehead atoms. The Morgan fingerprint density at radius 1 is 1.21 bits per heavy atom. The summed E-state index contributed by atoms with van der Waals surface area (Å²) in [7, 11) is 0. The Labute approximate surface area is 109 Å². The predicted molar refractivity (Wildman–Crippen MR) is 56.0 cm³/mol. The summed E-state index contributed by atoms with van der Waals surface area (Å²) in [6, 6.07) is 0. The molecule has 3 aliphatic carbocycles. The topological polar surface area (TPSA) is 37.3 Å². The number of rotatable bonds is 1. The van der Waals surface area contributed by atoms with Gasteiger partial charge in [-0.2, -0.15) is 0 Å². The molecule has 0 heterocycles. The first-order valence-electron chi connectivity index (χ1n) is 5.14. The van der Waals surface area contributed by atoms with Gasteiger partial charge in [-0.1, -0.05) is 11.6 Å². The monoisotopic (exact) mass is 302 g/mol. The normalized spacial score (nSPS) is 42.8. The van der Waals surface area contributed by atoms with E-state index in [1.807, 2.05) is 0 Å². The van der Waals surface area contributed by atoms with Crippen molar-refractivity contribution in [2.24, 2.45) is 0 Å². The molecule has 3 atom stereocenters. The minimum Gasteiger partial charge on any atom is -0.386 e. The molecule has 106 valence electrons. The molecule has 2 nitrogen and oxygen atoms in total. The van der Waals surface area contributed by atoms with Crippen molar-refractivity contribution in [1.82, 2.24) is 0 Å². The Morgan fingerprint density at radius 2 is 1.68 bits per heavy atom. The lowest BCUT2D eigenvalue weighted by atomic mass is 9.65. The van der Waals surface area contributed by atoms with Gasteiger partial charge in [0.2, 0.25) is 11.5 Å². The number of Topliss-reactive ketones (excluding diaryl/α,β-unsaturated/α-hetero) is 1. The van der Waals surface area contributed by atoms with Gasteiger partial charge in [0.05, 0.1) is 5.60 Å². The van der Waals surface area contributed by atoms with Crippen molar-refractivity contribution in [3.8, 4) is 0 Å². The Kier molecular flexibility index (Phi) is 2.57. The first kappa shape index (κ1) is 14.5. The summed E-state index contributed by atoms with van der Waals surface area (Å²) in [5, 5.41) is 5.52. The highest BCUT2D eigenvalue weighted by Gasteiger charge is 2.77. The zero-order chi connectivity index (χ0) is 15.0. The van der Waals surface area contributed by atoms with Crippen LogP contribution in [0.5, 0.6) is 0 Å². The molecule has 3 aliphatic rings. The van der Waals surface area contributed by atoms with Gasteiger partial charge in [-0.05, 0) is 19.9 Å². The maximum atomic E-state index is 14.5. The van der Waals surface area contributed by atoms with Crippen molar-refractivity contribution in [3.63, 3.8) is 0 Å². The molecule has 0 amide bonds. The molecule has 1 N–H and O–H groups in total. The summed E-state index contributed by atoms with van der Waals surface area (Å²) < 4.78 is 69.5. The van der Waals surface area contributed by atoms with E-state index < -0.39 is 45.1 Å². The van der Waals surface area contributed by atoms with E-state index in [2.05, 4.69) is 0 Å². The average molecular weight is 303 g/mol. The number of hydrogen-bond acceptors (Lipinski definition) is 2. The van der Waals surface area contributed by atoms with Gasteiger partial charge in [0, 0.05) is 5.57 Å². The highest BCUT2D eigenvalue weighted by atomic mass is 35.5. The fourth-order valence-electron chi connectivity index (χ4n) is 2.22. The quantitative estimate of drug-likeness (QED) is 0.459. The van der Waals surface area contributed by atoms with E-state index in [9.17, 15) is 31.9 Å². The molecule has 8 heteroatoms. The molecule has 3 unspecified atom stereocenters. The summed E-state index contributed by atoms with van der Waals surface area (Å²) >= 11 is 4.93. The molecule has 0 aromatic rings. The SMILES string of the molecule is CC(C)(O)C1=CC2(F)C(F)=C(F)C1(F)C(=O)C2(F)Cl. The van der Waals surface area contributed by atoms with E-state index in [4.69, 9.17) is 11.6 Å². The van der Waals surface area contributed by atoms with E-state index in [0.717, 1.165) is 13.8 Å². The van der Waals surface area contributed by atoms with Crippen LogP contribution < -0.4 is 0 Å². The number of halogens is 6. The van der Waals surface area contributed by atoms with Crippen LogP contribution in [-0.4, -0.2) is 33.0 Å². The Hall–Kier alpha value is -0.950. The molecule has 19 heavy (non-hydrogen) atoms. The lowest BCUT2D eigenvalue weighted by molar-refractivity contribution is -0.147. The number of aliphatic hydroxyl groups is 1. The van der Waals surface area contributed by atoms with Crippen molar-refractivity contribution in [1.29, 1.82) is 0 Å². The lowest BCUT2D eigenvalue weighted by Crippen LogP contribution is -2.67. The van der Waals surface area contributed by atoms with Gasteiger partial charge in [-0.15, -0.1) is 0 Å². The largest absolute Gasteiger partial charge is 0.386 e. The van der Waals surface area contributed by atoms with E-state index >= 15 is 0 Å². The fourth-order valence-corrected chi connectivity index (χ4v) is 2.49. The Bertz CT molecular complexity index is 548. The number of carbonyl (C=O) groups is 1. The van der Waals surface area contributed by atoms with Crippen LogP contribution in [0.25, 0.3) is 0 Å². The number of carbonyl (C=O) groups excluding carboxylic acids is 1. The van der Waals surface area contributed by atoms with Crippen LogP contribution in [0.4, 0.5) is 22.0 Å². The minimum absolute atomic E-state index is 0.0141. The Balaban J connectivity index is 2.88. The molecule has 0 saturated carbocycles. The second kappa shape index (κ2) is 3.38. The molecule has 0 aromatic heterocycles. The zero-order valence-electron chi connectivity index (χ0n) is 9.70. The van der Waals surface area contributed by atoms with Crippen LogP contribution in [0.15, 0.2) is 23.3 Å². The molecule has 0 aliphatic heterocycles. The summed E-state index contributed by atoms with van der Waals surface area (Å²) in [5.74, 6) is -7.20. The van der Waals surface area contributed by atoms with Crippen LogP contribution in [0.2, 0.25) is 0 Å². The molecule has 0 radical (unpaired) electrons. The number of hydrogen-bond donors (Lipinski definition) is 1. The smallest absolute Gasteiger partial charge is 0.289 e. The first-order valence-corrected chi connectivity index (χ1v) is 5.52. The van der Waals surface area contributed by atoms with Crippen molar-refractivity contribution in [3.05, 3.63) is 23.3 Å². The number of fused-ring (bicyclic) bond motifs is 1. The van der Waals surface area contributed by atoms with Crippen LogP contribution in [0.1, 0.15) is 13.8 Å². The van der Waals surface area contributed by atoms with E-state index in [1.165, 1.54) is 0 Å². The third-order valence-corrected chi connectivity index (χ3v) is 3.69. The van der Waals surface area contributed by atoms with Crippen LogP contribution in [0.3, 0.4) is 0 Å². The Morgan fingerprint density at radius 3 is 2.11 bits per heavy atom. The molecular weight excluding hydrogens is 295 g/mol. The minimum atomic E-state index is -4.11. The van der Waals surface area contributed by atoms with Crippen LogP contribution in [-0.2, 0) is 4.79 Å². The molecule has 0 aromatic carbocycles. The fraction of sp³-hybridized carbons (Fsp3) is 0.545. The van der Waals surface area contributed by atoms with Crippen molar-refractivity contribution < 1.29 is 31.9 Å². The lowest BCUT2D eigenvalue weighted by Gasteiger charge is -2.47. The van der Waals surface area contributed by atoms with E-state index in [-0.39, 0.29) is 6.08 Å². The molecule has 0 spiro atoms. The van der Waals surface area contributed by atoms with Gasteiger partial charge >= 0.3 is 0 Å². The first-order chi connectivity index (χ1) is 8.31. The van der Waals surface area contributed by atoms with Gasteiger partial charge in [0.15, 0.2) is 11.7 Å². The van der Waals surface area contributed by atoms with Gasteiger partial charge in [0.1, 0.15) is 0 Å². The van der Waals surface area contributed by atoms with Gasteiger partial charge in [-0.25, -0.2) is 22.0 Å². The van der Waals surface area contributed by atoms with E-state index in [1.54, 1.807) is 0 Å². The second-order valence-corrected chi connectivity index (χ2v) is 5.54. The number of ketones is 1. The standard InChI is InChI=1S/C11H8ClF5O2/c1-8(2,19)4-3-9(15)5(13)6(14)10(4,16)7(18)11(9,12)17/h3,19H,1-2H3. The highest BCUT2D eigenvalue weighted by molar-refractivity contribution is 6.38. The predicted octanol–water partition coefficient (Wildman–Crippen LogP) is 2.75. The molecule has 3 rings (SSSR count). The molecule has 0 fully saturated rings. The number of allylic oxidation sites excluding steroid dienone is 3. The highest BCUT2D eigenvalue weighted by Crippen LogP contribution is 2.61. The zero-order valence-corrected chi connectivity index (χ0v) is 10.5. The van der Waals surface area contributed by atoms with Crippen LogP contribution in [0, 0.1) is 0 Å². The second-order valence-electron chi connectivity index (χ2n) is 5.02. The van der Waals surface area contributed by atoms with Gasteiger partial charge in [0.25, 0.3) is 10.8 Å². The summed E-state index contributed by atoms with van der Waals surface area (Å²) in [5.41, 5.74) is -11.3. The summed E-state index contributed by atoms with van der Waals surface area (Å²) in [6.45, 7) is 1.83.